The minimum absolute atomic E-state index is 0.204. The highest BCUT2D eigenvalue weighted by molar-refractivity contribution is 6.00. The zero-order valence-corrected chi connectivity index (χ0v) is 17.8. The number of amides is 2. The average molecular weight is 417 g/mol. The molecule has 3 rings (SSSR count). The van der Waals surface area contributed by atoms with E-state index in [9.17, 15) is 9.59 Å². The van der Waals surface area contributed by atoms with Crippen molar-refractivity contribution >= 4 is 22.7 Å². The topological polar surface area (TPSA) is 97.8 Å². The molecule has 1 atom stereocenters. The summed E-state index contributed by atoms with van der Waals surface area (Å²) in [4.78, 5) is 28.9. The van der Waals surface area contributed by atoms with E-state index in [2.05, 4.69) is 21.7 Å². The van der Waals surface area contributed by atoms with E-state index in [0.717, 1.165) is 41.3 Å². The van der Waals surface area contributed by atoms with Crippen LogP contribution in [0, 0.1) is 18.3 Å². The van der Waals surface area contributed by atoms with Crippen molar-refractivity contribution in [3.8, 4) is 6.07 Å². The molecule has 0 saturated heterocycles. The number of aromatic amines is 1. The number of benzene rings is 2. The number of H-pyrrole nitrogens is 1. The predicted molar refractivity (Wildman–Crippen MR) is 122 cm³/mol. The fraction of sp³-hybridized carbons (Fsp3) is 0.320. The summed E-state index contributed by atoms with van der Waals surface area (Å²) >= 11 is 0. The molecule has 160 valence electrons. The molecule has 0 radical (unpaired) electrons. The quantitative estimate of drug-likeness (QED) is 0.436. The van der Waals surface area contributed by atoms with Gasteiger partial charge >= 0.3 is 0 Å². The second kappa shape index (κ2) is 11.0. The minimum atomic E-state index is -0.679. The third kappa shape index (κ3) is 6.45. The second-order valence-corrected chi connectivity index (χ2v) is 7.75. The molecule has 6 nitrogen and oxygen atoms in total. The molecule has 0 saturated carbocycles. The molecule has 0 aliphatic heterocycles. The fourth-order valence-electron chi connectivity index (χ4n) is 3.51. The zero-order chi connectivity index (χ0) is 22.1. The number of nitrogens with zero attached hydrogens (tertiary/aromatic N) is 1. The van der Waals surface area contributed by atoms with Crippen molar-refractivity contribution in [2.24, 2.45) is 0 Å². The lowest BCUT2D eigenvalue weighted by molar-refractivity contribution is -0.122. The van der Waals surface area contributed by atoms with Gasteiger partial charge in [0, 0.05) is 30.3 Å². The van der Waals surface area contributed by atoms with Gasteiger partial charge in [-0.2, -0.15) is 5.26 Å². The van der Waals surface area contributed by atoms with Gasteiger partial charge in [-0.1, -0.05) is 48.4 Å². The SMILES string of the molecule is Cc1ccc2[nH]c(C(=O)NC(Cc3ccccc3)C(=O)NCCCCCC#N)cc2c1. The van der Waals surface area contributed by atoms with Crippen molar-refractivity contribution in [3.63, 3.8) is 0 Å². The van der Waals surface area contributed by atoms with Crippen LogP contribution in [0.5, 0.6) is 0 Å². The minimum Gasteiger partial charge on any atom is -0.354 e. The maximum Gasteiger partial charge on any atom is 0.268 e. The van der Waals surface area contributed by atoms with Gasteiger partial charge in [-0.15, -0.1) is 0 Å². The van der Waals surface area contributed by atoms with Crippen molar-refractivity contribution in [1.29, 1.82) is 5.26 Å². The monoisotopic (exact) mass is 416 g/mol. The number of hydrogen-bond acceptors (Lipinski definition) is 3. The Bertz CT molecular complexity index is 1070. The number of hydrogen-bond donors (Lipinski definition) is 3. The number of aromatic nitrogens is 1. The van der Waals surface area contributed by atoms with Crippen LogP contribution < -0.4 is 10.6 Å². The molecule has 6 heteroatoms. The highest BCUT2D eigenvalue weighted by Crippen LogP contribution is 2.17. The molecular weight excluding hydrogens is 388 g/mol. The summed E-state index contributed by atoms with van der Waals surface area (Å²) in [5.74, 6) is -0.511. The van der Waals surface area contributed by atoms with Crippen LogP contribution in [0.25, 0.3) is 10.9 Å². The first-order chi connectivity index (χ1) is 15.1. The molecule has 0 bridgehead atoms. The first-order valence-electron chi connectivity index (χ1n) is 10.7. The molecule has 2 aromatic carbocycles. The highest BCUT2D eigenvalue weighted by Gasteiger charge is 2.22. The summed E-state index contributed by atoms with van der Waals surface area (Å²) in [6, 6.07) is 18.9. The van der Waals surface area contributed by atoms with Gasteiger partial charge in [0.1, 0.15) is 11.7 Å². The fourth-order valence-corrected chi connectivity index (χ4v) is 3.51. The van der Waals surface area contributed by atoms with Gasteiger partial charge in [-0.3, -0.25) is 9.59 Å². The third-order valence-electron chi connectivity index (χ3n) is 5.19. The van der Waals surface area contributed by atoms with Gasteiger partial charge in [0.2, 0.25) is 5.91 Å². The van der Waals surface area contributed by atoms with Crippen LogP contribution in [0.1, 0.15) is 47.3 Å². The molecule has 31 heavy (non-hydrogen) atoms. The third-order valence-corrected chi connectivity index (χ3v) is 5.19. The summed E-state index contributed by atoms with van der Waals surface area (Å²) in [5.41, 5.74) is 3.42. The number of carbonyl (C=O) groups is 2. The maximum absolute atomic E-state index is 12.9. The molecule has 0 fully saturated rings. The lowest BCUT2D eigenvalue weighted by atomic mass is 10.0. The van der Waals surface area contributed by atoms with Gasteiger partial charge in [0.25, 0.3) is 5.91 Å². The van der Waals surface area contributed by atoms with Crippen molar-refractivity contribution in [2.45, 2.75) is 45.1 Å². The van der Waals surface area contributed by atoms with E-state index in [-0.39, 0.29) is 11.8 Å². The van der Waals surface area contributed by atoms with Crippen molar-refractivity contribution in [3.05, 3.63) is 71.4 Å². The Balaban J connectivity index is 1.66. The van der Waals surface area contributed by atoms with Gasteiger partial charge in [0.05, 0.1) is 6.07 Å². The van der Waals surface area contributed by atoms with E-state index in [4.69, 9.17) is 5.26 Å². The molecular formula is C25H28N4O2. The van der Waals surface area contributed by atoms with Gasteiger partial charge in [-0.05, 0) is 43.5 Å². The zero-order valence-electron chi connectivity index (χ0n) is 17.8. The van der Waals surface area contributed by atoms with E-state index < -0.39 is 6.04 Å². The number of carbonyl (C=O) groups excluding carboxylic acids is 2. The van der Waals surface area contributed by atoms with E-state index in [1.807, 2.05) is 61.5 Å². The van der Waals surface area contributed by atoms with Crippen LogP contribution in [0.3, 0.4) is 0 Å². The Hall–Kier alpha value is -3.59. The molecule has 1 unspecified atom stereocenters. The first-order valence-corrected chi connectivity index (χ1v) is 10.7. The maximum atomic E-state index is 12.9. The Morgan fingerprint density at radius 1 is 1.06 bits per heavy atom. The molecule has 3 N–H and O–H groups in total. The molecule has 0 aliphatic rings. The highest BCUT2D eigenvalue weighted by atomic mass is 16.2. The second-order valence-electron chi connectivity index (χ2n) is 7.75. The normalized spacial score (nSPS) is 11.6. The van der Waals surface area contributed by atoms with Crippen LogP contribution in [-0.4, -0.2) is 29.4 Å². The van der Waals surface area contributed by atoms with Crippen molar-refractivity contribution in [1.82, 2.24) is 15.6 Å². The van der Waals surface area contributed by atoms with Gasteiger partial charge in [-0.25, -0.2) is 0 Å². The number of aryl methyl sites for hydroxylation is 1. The Kier molecular flexibility index (Phi) is 7.83. The van der Waals surface area contributed by atoms with Gasteiger partial charge < -0.3 is 15.6 Å². The number of unbranched alkanes of at least 4 members (excludes halogenated alkanes) is 3. The summed E-state index contributed by atoms with van der Waals surface area (Å²) < 4.78 is 0. The Morgan fingerprint density at radius 2 is 1.87 bits per heavy atom. The largest absolute Gasteiger partial charge is 0.354 e. The first kappa shape index (κ1) is 22.1. The van der Waals surface area contributed by atoms with Crippen LogP contribution in [0.15, 0.2) is 54.6 Å². The molecule has 1 aromatic heterocycles. The van der Waals surface area contributed by atoms with Gasteiger partial charge in [0.15, 0.2) is 0 Å². The number of fused-ring (bicyclic) bond motifs is 1. The summed E-state index contributed by atoms with van der Waals surface area (Å²) in [7, 11) is 0. The smallest absolute Gasteiger partial charge is 0.268 e. The average Bonchev–Trinajstić information content (AvgIpc) is 3.19. The standard InChI is InChI=1S/C25H28N4O2/c1-18-11-12-21-20(15-18)17-23(28-21)25(31)29-22(16-19-9-5-4-6-10-19)24(30)27-14-8-3-2-7-13-26/h4-6,9-12,15,17,22,28H,2-3,7-8,14,16H2,1H3,(H,27,30)(H,29,31). The summed E-state index contributed by atoms with van der Waals surface area (Å²) in [5, 5.41) is 15.4. The van der Waals surface area contributed by atoms with E-state index in [0.29, 0.717) is 25.1 Å². The van der Waals surface area contributed by atoms with Crippen molar-refractivity contribution < 1.29 is 9.59 Å². The van der Waals surface area contributed by atoms with Crippen LogP contribution in [0.4, 0.5) is 0 Å². The number of nitrogens with one attached hydrogen (secondary N) is 3. The van der Waals surface area contributed by atoms with E-state index in [1.54, 1.807) is 0 Å². The Morgan fingerprint density at radius 3 is 2.65 bits per heavy atom. The lowest BCUT2D eigenvalue weighted by Crippen LogP contribution is -2.48. The molecule has 1 heterocycles. The van der Waals surface area contributed by atoms with E-state index >= 15 is 0 Å². The van der Waals surface area contributed by atoms with Crippen LogP contribution in [-0.2, 0) is 11.2 Å². The summed E-state index contributed by atoms with van der Waals surface area (Å²) in [6.45, 7) is 2.53. The number of nitriles is 1. The lowest BCUT2D eigenvalue weighted by Gasteiger charge is -2.18. The molecule has 0 spiro atoms. The van der Waals surface area contributed by atoms with Crippen LogP contribution >= 0.6 is 0 Å². The molecule has 0 aliphatic carbocycles. The van der Waals surface area contributed by atoms with Crippen LogP contribution in [0.2, 0.25) is 0 Å². The molecule has 3 aromatic rings. The van der Waals surface area contributed by atoms with E-state index in [1.165, 1.54) is 0 Å². The Labute approximate surface area is 182 Å². The predicted octanol–water partition coefficient (Wildman–Crippen LogP) is 4.02. The van der Waals surface area contributed by atoms with Crippen molar-refractivity contribution in [2.75, 3.05) is 6.54 Å². The molecule has 2 amide bonds. The number of rotatable bonds is 10. The summed E-state index contributed by atoms with van der Waals surface area (Å²) in [6.07, 6.45) is 3.46.